The molecule has 1 unspecified atom stereocenters. The number of nitrogens with one attached hydrogen (secondary N) is 1. The Morgan fingerprint density at radius 1 is 1.53 bits per heavy atom. The lowest BCUT2D eigenvalue weighted by atomic mass is 10.1. The molecule has 1 aromatic carbocycles. The van der Waals surface area contributed by atoms with Gasteiger partial charge in [-0.05, 0) is 32.9 Å². The number of benzene rings is 1. The lowest BCUT2D eigenvalue weighted by Crippen LogP contribution is -2.45. The molecule has 0 amide bonds. The van der Waals surface area contributed by atoms with E-state index in [0.29, 0.717) is 5.02 Å². The predicted octanol–water partition coefficient (Wildman–Crippen LogP) is 2.86. The molecule has 1 atom stereocenters. The van der Waals surface area contributed by atoms with Crippen LogP contribution in [0, 0.1) is 18.2 Å². The van der Waals surface area contributed by atoms with Gasteiger partial charge in [0.25, 0.3) is 0 Å². The van der Waals surface area contributed by atoms with E-state index in [1.807, 2.05) is 20.8 Å². The Morgan fingerprint density at radius 3 is 2.63 bits per heavy atom. The lowest BCUT2D eigenvalue weighted by molar-refractivity contribution is 0.507. The zero-order valence-electron chi connectivity index (χ0n) is 11.2. The Balaban J connectivity index is 3.02. The molecule has 5 heteroatoms. The van der Waals surface area contributed by atoms with Crippen LogP contribution in [-0.2, 0) is 0 Å². The van der Waals surface area contributed by atoms with Crippen molar-refractivity contribution in [1.29, 1.82) is 0 Å². The zero-order chi connectivity index (χ0) is 14.6. The first kappa shape index (κ1) is 15.3. The fourth-order valence-electron chi connectivity index (χ4n) is 1.48. The smallest absolute Gasteiger partial charge is 0.190 e. The lowest BCUT2D eigenvalue weighted by Gasteiger charge is -2.21. The first-order chi connectivity index (χ1) is 8.73. The zero-order valence-corrected chi connectivity index (χ0v) is 11.9. The normalized spacial score (nSPS) is 13.8. The molecule has 102 valence electrons. The average Bonchev–Trinajstić information content (AvgIpc) is 2.24. The van der Waals surface area contributed by atoms with Crippen molar-refractivity contribution in [3.8, 4) is 12.3 Å². The largest absolute Gasteiger partial charge is 0.370 e. The van der Waals surface area contributed by atoms with Crippen molar-refractivity contribution in [3.63, 3.8) is 0 Å². The fraction of sp³-hybridized carbons (Fsp3) is 0.357. The summed E-state index contributed by atoms with van der Waals surface area (Å²) in [6.45, 7) is 5.80. The molecule has 0 radical (unpaired) electrons. The average molecular weight is 282 g/mol. The maximum Gasteiger partial charge on any atom is 0.190 e. The standard InChI is InChI=1S/C14H17ClFN3/c1-5-12(18-13(17)19-14(2,3)4)10-7-6-9(15)8-11(10)16/h1,6-8,12H,2-4H3,(H3,17,18,19). The summed E-state index contributed by atoms with van der Waals surface area (Å²) in [6, 6.07) is 3.49. The van der Waals surface area contributed by atoms with Gasteiger partial charge in [-0.15, -0.1) is 6.42 Å². The Labute approximate surface area is 118 Å². The number of guanidine groups is 1. The van der Waals surface area contributed by atoms with Crippen LogP contribution in [-0.4, -0.2) is 11.5 Å². The first-order valence-corrected chi connectivity index (χ1v) is 6.13. The number of nitrogens with zero attached hydrogens (tertiary/aromatic N) is 1. The van der Waals surface area contributed by atoms with Gasteiger partial charge in [-0.1, -0.05) is 23.6 Å². The molecule has 0 aliphatic heterocycles. The van der Waals surface area contributed by atoms with Gasteiger partial charge in [-0.25, -0.2) is 9.38 Å². The molecule has 0 aliphatic carbocycles. The molecule has 19 heavy (non-hydrogen) atoms. The van der Waals surface area contributed by atoms with E-state index in [-0.39, 0.29) is 17.1 Å². The summed E-state index contributed by atoms with van der Waals surface area (Å²) in [4.78, 5) is 4.11. The molecule has 0 saturated heterocycles. The van der Waals surface area contributed by atoms with Crippen LogP contribution in [0.5, 0.6) is 0 Å². The van der Waals surface area contributed by atoms with E-state index in [1.54, 1.807) is 6.07 Å². The topological polar surface area (TPSA) is 50.4 Å². The van der Waals surface area contributed by atoms with Gasteiger partial charge in [0.1, 0.15) is 11.9 Å². The third-order valence-corrected chi connectivity index (χ3v) is 2.42. The highest BCUT2D eigenvalue weighted by atomic mass is 35.5. The number of nitrogens with two attached hydrogens (primary N) is 1. The summed E-state index contributed by atoms with van der Waals surface area (Å²) in [5.74, 6) is 2.08. The van der Waals surface area contributed by atoms with E-state index in [4.69, 9.17) is 23.8 Å². The molecule has 0 saturated carbocycles. The molecule has 0 heterocycles. The van der Waals surface area contributed by atoms with E-state index in [9.17, 15) is 4.39 Å². The van der Waals surface area contributed by atoms with Crippen LogP contribution in [0.2, 0.25) is 5.02 Å². The Hall–Kier alpha value is -1.73. The van der Waals surface area contributed by atoms with Crippen LogP contribution in [0.1, 0.15) is 32.4 Å². The van der Waals surface area contributed by atoms with Crippen molar-refractivity contribution in [1.82, 2.24) is 5.32 Å². The summed E-state index contributed by atoms with van der Waals surface area (Å²) in [5, 5.41) is 3.28. The van der Waals surface area contributed by atoms with Crippen molar-refractivity contribution in [2.75, 3.05) is 0 Å². The fourth-order valence-corrected chi connectivity index (χ4v) is 1.63. The number of rotatable bonds is 2. The van der Waals surface area contributed by atoms with Crippen LogP contribution >= 0.6 is 11.6 Å². The summed E-state index contributed by atoms with van der Waals surface area (Å²) in [7, 11) is 0. The van der Waals surface area contributed by atoms with E-state index in [2.05, 4.69) is 16.2 Å². The minimum atomic E-state index is -0.785. The van der Waals surface area contributed by atoms with Crippen molar-refractivity contribution < 1.29 is 4.39 Å². The summed E-state index contributed by atoms with van der Waals surface area (Å²) in [6.07, 6.45) is 5.38. The van der Waals surface area contributed by atoms with Crippen molar-refractivity contribution in [2.24, 2.45) is 10.7 Å². The van der Waals surface area contributed by atoms with E-state index in [1.165, 1.54) is 12.1 Å². The number of halogens is 2. The van der Waals surface area contributed by atoms with Crippen LogP contribution < -0.4 is 11.1 Å². The number of hydrogen-bond donors (Lipinski definition) is 2. The quantitative estimate of drug-likeness (QED) is 0.497. The maximum atomic E-state index is 13.8. The molecular formula is C14H17ClFN3. The molecule has 3 nitrogen and oxygen atoms in total. The first-order valence-electron chi connectivity index (χ1n) is 5.75. The van der Waals surface area contributed by atoms with E-state index < -0.39 is 11.9 Å². The monoisotopic (exact) mass is 281 g/mol. The molecular weight excluding hydrogens is 265 g/mol. The number of terminal acetylenes is 1. The number of hydrogen-bond acceptors (Lipinski definition) is 1. The second-order valence-corrected chi connectivity index (χ2v) is 5.56. The molecule has 0 spiro atoms. The second-order valence-electron chi connectivity index (χ2n) is 5.12. The SMILES string of the molecule is C#CC(N=C(N)NC(C)(C)C)c1ccc(Cl)cc1F. The maximum absolute atomic E-state index is 13.8. The van der Waals surface area contributed by atoms with Crippen LogP contribution in [0.15, 0.2) is 23.2 Å². The van der Waals surface area contributed by atoms with Gasteiger partial charge in [0.05, 0.1) is 0 Å². The third kappa shape index (κ3) is 4.80. The number of aliphatic imine (C=N–C) groups is 1. The summed E-state index contributed by atoms with van der Waals surface area (Å²) < 4.78 is 13.8. The van der Waals surface area contributed by atoms with Gasteiger partial charge in [-0.3, -0.25) is 0 Å². The van der Waals surface area contributed by atoms with Crippen molar-refractivity contribution in [3.05, 3.63) is 34.6 Å². The highest BCUT2D eigenvalue weighted by Crippen LogP contribution is 2.23. The molecule has 3 N–H and O–H groups in total. The van der Waals surface area contributed by atoms with Crippen LogP contribution in [0.4, 0.5) is 4.39 Å². The van der Waals surface area contributed by atoms with Crippen LogP contribution in [0.25, 0.3) is 0 Å². The van der Waals surface area contributed by atoms with Gasteiger partial charge in [0.15, 0.2) is 5.96 Å². The molecule has 1 aromatic rings. The second kappa shape index (κ2) is 5.94. The van der Waals surface area contributed by atoms with Gasteiger partial charge in [0.2, 0.25) is 0 Å². The van der Waals surface area contributed by atoms with Crippen LogP contribution in [0.3, 0.4) is 0 Å². The van der Waals surface area contributed by atoms with Gasteiger partial charge in [-0.2, -0.15) is 0 Å². The van der Waals surface area contributed by atoms with Gasteiger partial charge in [0, 0.05) is 16.1 Å². The van der Waals surface area contributed by atoms with E-state index in [0.717, 1.165) is 0 Å². The van der Waals surface area contributed by atoms with Gasteiger partial charge >= 0.3 is 0 Å². The highest BCUT2D eigenvalue weighted by molar-refractivity contribution is 6.30. The Kier molecular flexibility index (Phi) is 4.79. The van der Waals surface area contributed by atoms with Crippen molar-refractivity contribution in [2.45, 2.75) is 32.4 Å². The third-order valence-electron chi connectivity index (χ3n) is 2.19. The van der Waals surface area contributed by atoms with Gasteiger partial charge < -0.3 is 11.1 Å². The minimum absolute atomic E-state index is 0.171. The highest BCUT2D eigenvalue weighted by Gasteiger charge is 2.15. The summed E-state index contributed by atoms with van der Waals surface area (Å²) >= 11 is 5.69. The molecule has 0 bridgehead atoms. The molecule has 0 aromatic heterocycles. The molecule has 0 fully saturated rings. The van der Waals surface area contributed by atoms with E-state index >= 15 is 0 Å². The predicted molar refractivity (Wildman–Crippen MR) is 77.5 cm³/mol. The molecule has 1 rings (SSSR count). The Bertz CT molecular complexity index is 526. The Morgan fingerprint density at radius 2 is 2.16 bits per heavy atom. The summed E-state index contributed by atoms with van der Waals surface area (Å²) in [5.41, 5.74) is 5.77. The minimum Gasteiger partial charge on any atom is -0.370 e. The van der Waals surface area contributed by atoms with Crippen molar-refractivity contribution >= 4 is 17.6 Å². The molecule has 0 aliphatic rings.